The predicted molar refractivity (Wildman–Crippen MR) is 70.0 cm³/mol. The lowest BCUT2D eigenvalue weighted by Gasteiger charge is -2.16. The van der Waals surface area contributed by atoms with E-state index in [4.69, 9.17) is 0 Å². The molecule has 0 saturated carbocycles. The van der Waals surface area contributed by atoms with Gasteiger partial charge in [-0.1, -0.05) is 19.1 Å². The number of benzene rings is 1. The molecule has 2 rings (SSSR count). The maximum absolute atomic E-state index is 11.6. The van der Waals surface area contributed by atoms with Crippen molar-refractivity contribution in [3.63, 3.8) is 0 Å². The number of amides is 1. The fourth-order valence-electron chi connectivity index (χ4n) is 2.12. The van der Waals surface area contributed by atoms with Gasteiger partial charge in [0.2, 0.25) is 5.91 Å². The molecule has 3 heteroatoms. The molecule has 1 aromatic carbocycles. The average molecular weight is 232 g/mol. The minimum Gasteiger partial charge on any atom is -0.313 e. The molecular weight excluding hydrogens is 212 g/mol. The minimum absolute atomic E-state index is 0.252. The van der Waals surface area contributed by atoms with Gasteiger partial charge in [0.05, 0.1) is 0 Å². The van der Waals surface area contributed by atoms with Crippen LogP contribution in [0.3, 0.4) is 0 Å². The molecule has 92 valence electrons. The van der Waals surface area contributed by atoms with E-state index in [1.54, 1.807) is 0 Å². The van der Waals surface area contributed by atoms with Crippen molar-refractivity contribution in [2.45, 2.75) is 32.7 Å². The van der Waals surface area contributed by atoms with E-state index < -0.39 is 0 Å². The molecule has 0 aromatic heterocycles. The first-order valence-corrected chi connectivity index (χ1v) is 6.41. The average Bonchev–Trinajstić information content (AvgIpc) is 2.77. The van der Waals surface area contributed by atoms with Gasteiger partial charge >= 0.3 is 0 Å². The lowest BCUT2D eigenvalue weighted by atomic mass is 10.2. The number of carbonyl (C=O) groups excluding carboxylic acids is 1. The van der Waals surface area contributed by atoms with E-state index in [0.717, 1.165) is 38.2 Å². The zero-order valence-electron chi connectivity index (χ0n) is 10.4. The van der Waals surface area contributed by atoms with Crippen molar-refractivity contribution >= 4 is 11.6 Å². The maximum atomic E-state index is 11.6. The molecule has 0 spiro atoms. The third-order valence-corrected chi connectivity index (χ3v) is 3.08. The van der Waals surface area contributed by atoms with Gasteiger partial charge in [-0.15, -0.1) is 0 Å². The molecule has 0 bridgehead atoms. The third-order valence-electron chi connectivity index (χ3n) is 3.08. The lowest BCUT2D eigenvalue weighted by molar-refractivity contribution is -0.117. The molecule has 1 aliphatic heterocycles. The van der Waals surface area contributed by atoms with E-state index in [0.29, 0.717) is 6.42 Å². The van der Waals surface area contributed by atoms with Crippen LogP contribution in [0.25, 0.3) is 0 Å². The molecule has 1 fully saturated rings. The number of anilines is 1. The monoisotopic (exact) mass is 232 g/mol. The Hall–Kier alpha value is -1.35. The summed E-state index contributed by atoms with van der Waals surface area (Å²) in [6.07, 6.45) is 2.83. The molecule has 1 heterocycles. The number of hydrogen-bond donors (Lipinski definition) is 1. The topological polar surface area (TPSA) is 32.3 Å². The van der Waals surface area contributed by atoms with Gasteiger partial charge in [-0.3, -0.25) is 4.79 Å². The fraction of sp³-hybridized carbons (Fsp3) is 0.500. The van der Waals surface area contributed by atoms with Crippen LogP contribution in [0.15, 0.2) is 24.3 Å². The Morgan fingerprint density at radius 3 is 2.65 bits per heavy atom. The Balaban J connectivity index is 1.95. The SMILES string of the molecule is CCCNCc1ccc(N2CCCC2=O)cc1. The summed E-state index contributed by atoms with van der Waals surface area (Å²) in [5.41, 5.74) is 2.31. The van der Waals surface area contributed by atoms with Crippen molar-refractivity contribution in [3.8, 4) is 0 Å². The van der Waals surface area contributed by atoms with Crippen molar-refractivity contribution in [1.29, 1.82) is 0 Å². The quantitative estimate of drug-likeness (QED) is 0.790. The van der Waals surface area contributed by atoms with Gasteiger partial charge in [0.1, 0.15) is 0 Å². The Labute approximate surface area is 103 Å². The third kappa shape index (κ3) is 3.07. The van der Waals surface area contributed by atoms with Crippen LogP contribution in [0, 0.1) is 0 Å². The highest BCUT2D eigenvalue weighted by atomic mass is 16.2. The van der Waals surface area contributed by atoms with E-state index in [1.807, 2.05) is 17.0 Å². The van der Waals surface area contributed by atoms with Gasteiger partial charge in [-0.25, -0.2) is 0 Å². The molecular formula is C14H20N2O. The highest BCUT2D eigenvalue weighted by Gasteiger charge is 2.21. The summed E-state index contributed by atoms with van der Waals surface area (Å²) in [5, 5.41) is 3.37. The van der Waals surface area contributed by atoms with Crippen LogP contribution >= 0.6 is 0 Å². The van der Waals surface area contributed by atoms with Crippen LogP contribution in [-0.4, -0.2) is 19.0 Å². The Morgan fingerprint density at radius 2 is 2.06 bits per heavy atom. The summed E-state index contributed by atoms with van der Waals surface area (Å²) in [6.45, 7) is 4.98. The van der Waals surface area contributed by atoms with Crippen molar-refractivity contribution in [3.05, 3.63) is 29.8 Å². The summed E-state index contributed by atoms with van der Waals surface area (Å²) in [4.78, 5) is 13.5. The van der Waals surface area contributed by atoms with Gasteiger partial charge in [-0.2, -0.15) is 0 Å². The normalized spacial score (nSPS) is 15.6. The predicted octanol–water partition coefficient (Wildman–Crippen LogP) is 2.31. The second-order valence-electron chi connectivity index (χ2n) is 4.49. The van der Waals surface area contributed by atoms with E-state index in [2.05, 4.69) is 24.4 Å². The van der Waals surface area contributed by atoms with E-state index in [1.165, 1.54) is 5.56 Å². The zero-order valence-corrected chi connectivity index (χ0v) is 10.4. The van der Waals surface area contributed by atoms with Crippen LogP contribution in [0.5, 0.6) is 0 Å². The van der Waals surface area contributed by atoms with Gasteiger partial charge in [0.25, 0.3) is 0 Å². The molecule has 0 aliphatic carbocycles. The summed E-state index contributed by atoms with van der Waals surface area (Å²) >= 11 is 0. The van der Waals surface area contributed by atoms with E-state index >= 15 is 0 Å². The van der Waals surface area contributed by atoms with Crippen LogP contribution in [-0.2, 0) is 11.3 Å². The first-order chi connectivity index (χ1) is 8.31. The van der Waals surface area contributed by atoms with Gasteiger partial charge in [0.15, 0.2) is 0 Å². The molecule has 1 N–H and O–H groups in total. The summed E-state index contributed by atoms with van der Waals surface area (Å²) in [5.74, 6) is 0.252. The number of nitrogens with zero attached hydrogens (tertiary/aromatic N) is 1. The van der Waals surface area contributed by atoms with Crippen LogP contribution < -0.4 is 10.2 Å². The Bertz CT molecular complexity index is 372. The van der Waals surface area contributed by atoms with Gasteiger partial charge in [-0.05, 0) is 37.1 Å². The summed E-state index contributed by atoms with van der Waals surface area (Å²) < 4.78 is 0. The summed E-state index contributed by atoms with van der Waals surface area (Å²) in [6, 6.07) is 8.30. The molecule has 0 radical (unpaired) electrons. The second kappa shape index (κ2) is 5.82. The van der Waals surface area contributed by atoms with Crippen molar-refractivity contribution in [1.82, 2.24) is 5.32 Å². The van der Waals surface area contributed by atoms with Crippen molar-refractivity contribution in [2.75, 3.05) is 18.0 Å². The molecule has 17 heavy (non-hydrogen) atoms. The minimum atomic E-state index is 0.252. The standard InChI is InChI=1S/C14H20N2O/c1-2-9-15-11-12-5-7-13(8-6-12)16-10-3-4-14(16)17/h5-8,15H,2-4,9-11H2,1H3. The number of hydrogen-bond acceptors (Lipinski definition) is 2. The molecule has 1 amide bonds. The lowest BCUT2D eigenvalue weighted by Crippen LogP contribution is -2.23. The maximum Gasteiger partial charge on any atom is 0.227 e. The second-order valence-corrected chi connectivity index (χ2v) is 4.49. The van der Waals surface area contributed by atoms with Crippen molar-refractivity contribution in [2.24, 2.45) is 0 Å². The highest BCUT2D eigenvalue weighted by Crippen LogP contribution is 2.21. The molecule has 1 aromatic rings. The smallest absolute Gasteiger partial charge is 0.227 e. The number of carbonyl (C=O) groups is 1. The largest absolute Gasteiger partial charge is 0.313 e. The van der Waals surface area contributed by atoms with Crippen molar-refractivity contribution < 1.29 is 4.79 Å². The zero-order chi connectivity index (χ0) is 12.1. The van der Waals surface area contributed by atoms with Crippen LogP contribution in [0.4, 0.5) is 5.69 Å². The molecule has 1 saturated heterocycles. The summed E-state index contributed by atoms with van der Waals surface area (Å²) in [7, 11) is 0. The first-order valence-electron chi connectivity index (χ1n) is 6.41. The highest BCUT2D eigenvalue weighted by molar-refractivity contribution is 5.95. The van der Waals surface area contributed by atoms with Crippen LogP contribution in [0.1, 0.15) is 31.7 Å². The molecule has 0 unspecified atom stereocenters. The van der Waals surface area contributed by atoms with Crippen LogP contribution in [0.2, 0.25) is 0 Å². The first kappa shape index (κ1) is 12.1. The van der Waals surface area contributed by atoms with Gasteiger partial charge in [0, 0.05) is 25.2 Å². The molecule has 0 atom stereocenters. The Morgan fingerprint density at radius 1 is 1.29 bits per heavy atom. The molecule has 1 aliphatic rings. The Kier molecular flexibility index (Phi) is 4.15. The number of nitrogens with one attached hydrogen (secondary N) is 1. The van der Waals surface area contributed by atoms with E-state index in [-0.39, 0.29) is 5.91 Å². The number of rotatable bonds is 5. The fourth-order valence-corrected chi connectivity index (χ4v) is 2.12. The van der Waals surface area contributed by atoms with Gasteiger partial charge < -0.3 is 10.2 Å². The van der Waals surface area contributed by atoms with E-state index in [9.17, 15) is 4.79 Å². The molecule has 3 nitrogen and oxygen atoms in total.